The van der Waals surface area contributed by atoms with Gasteiger partial charge in [0.25, 0.3) is 0 Å². The molecule has 1 aliphatic rings. The van der Waals surface area contributed by atoms with Crippen molar-refractivity contribution in [3.8, 4) is 5.75 Å². The third-order valence-electron chi connectivity index (χ3n) is 4.14. The van der Waals surface area contributed by atoms with Crippen molar-refractivity contribution in [2.45, 2.75) is 26.7 Å². The van der Waals surface area contributed by atoms with E-state index in [2.05, 4.69) is 0 Å². The van der Waals surface area contributed by atoms with Crippen LogP contribution >= 0.6 is 0 Å². The van der Waals surface area contributed by atoms with Crippen molar-refractivity contribution in [3.63, 3.8) is 0 Å². The molecule has 1 amide bonds. The van der Waals surface area contributed by atoms with E-state index >= 15 is 0 Å². The summed E-state index contributed by atoms with van der Waals surface area (Å²) in [6, 6.07) is 5.74. The van der Waals surface area contributed by atoms with Crippen LogP contribution in [0, 0.1) is 18.8 Å². The molecular formula is C17H23NO4. The number of carboxylic acid groups (broad SMARTS) is 1. The van der Waals surface area contributed by atoms with E-state index < -0.39 is 11.9 Å². The highest BCUT2D eigenvalue weighted by Gasteiger charge is 2.31. The number of nitrogens with zero attached hydrogens (tertiary/aromatic N) is 1. The molecule has 1 saturated heterocycles. The molecule has 2 rings (SSSR count). The van der Waals surface area contributed by atoms with Gasteiger partial charge < -0.3 is 14.7 Å². The van der Waals surface area contributed by atoms with E-state index in [-0.39, 0.29) is 18.2 Å². The first-order chi connectivity index (χ1) is 10.4. The van der Waals surface area contributed by atoms with Crippen molar-refractivity contribution in [2.24, 2.45) is 11.8 Å². The lowest BCUT2D eigenvalue weighted by molar-refractivity contribution is -0.146. The number of carboxylic acids is 1. The van der Waals surface area contributed by atoms with Crippen LogP contribution in [-0.2, 0) is 16.0 Å². The number of aryl methyl sites for hydroxylation is 1. The molecule has 0 saturated carbocycles. The minimum Gasteiger partial charge on any atom is -0.496 e. The molecule has 2 atom stereocenters. The fraction of sp³-hybridized carbons (Fsp3) is 0.529. The van der Waals surface area contributed by atoms with Gasteiger partial charge in [0.05, 0.1) is 19.4 Å². The van der Waals surface area contributed by atoms with E-state index in [9.17, 15) is 14.7 Å². The first-order valence-corrected chi connectivity index (χ1v) is 7.54. The number of likely N-dealkylation sites (tertiary alicyclic amines) is 1. The van der Waals surface area contributed by atoms with Crippen LogP contribution in [0.1, 0.15) is 24.5 Å². The zero-order valence-electron chi connectivity index (χ0n) is 13.3. The zero-order valence-corrected chi connectivity index (χ0v) is 13.3. The van der Waals surface area contributed by atoms with Crippen LogP contribution in [-0.4, -0.2) is 42.1 Å². The molecule has 0 radical (unpaired) electrons. The quantitative estimate of drug-likeness (QED) is 0.925. The van der Waals surface area contributed by atoms with Gasteiger partial charge in [-0.15, -0.1) is 0 Å². The summed E-state index contributed by atoms with van der Waals surface area (Å²) in [5.74, 6) is -0.428. The topological polar surface area (TPSA) is 66.8 Å². The van der Waals surface area contributed by atoms with Crippen molar-refractivity contribution in [1.29, 1.82) is 0 Å². The molecule has 1 aromatic rings. The molecule has 0 aliphatic carbocycles. The summed E-state index contributed by atoms with van der Waals surface area (Å²) in [7, 11) is 1.59. The number of carbonyl (C=O) groups is 2. The Kier molecular flexibility index (Phi) is 5.06. The first kappa shape index (κ1) is 16.3. The number of piperidine rings is 1. The van der Waals surface area contributed by atoms with E-state index in [1.54, 1.807) is 12.0 Å². The van der Waals surface area contributed by atoms with E-state index in [0.29, 0.717) is 25.3 Å². The smallest absolute Gasteiger partial charge is 0.308 e. The second-order valence-corrected chi connectivity index (χ2v) is 6.17. The summed E-state index contributed by atoms with van der Waals surface area (Å²) in [5.41, 5.74) is 1.91. The normalized spacial score (nSPS) is 21.5. The fourth-order valence-corrected chi connectivity index (χ4v) is 3.05. The predicted octanol–water partition coefficient (Wildman–Crippen LogP) is 2.12. The van der Waals surface area contributed by atoms with Gasteiger partial charge in [-0.3, -0.25) is 9.59 Å². The molecule has 22 heavy (non-hydrogen) atoms. The maximum Gasteiger partial charge on any atom is 0.308 e. The van der Waals surface area contributed by atoms with Crippen LogP contribution in [0.25, 0.3) is 0 Å². The molecule has 120 valence electrons. The van der Waals surface area contributed by atoms with Crippen LogP contribution in [0.15, 0.2) is 18.2 Å². The number of ether oxygens (including phenoxy) is 1. The number of amides is 1. The summed E-state index contributed by atoms with van der Waals surface area (Å²) in [4.78, 5) is 25.4. The molecule has 0 aromatic heterocycles. The number of hydrogen-bond acceptors (Lipinski definition) is 3. The maximum atomic E-state index is 12.5. The molecule has 2 unspecified atom stereocenters. The number of methoxy groups -OCH3 is 1. The van der Waals surface area contributed by atoms with Gasteiger partial charge in [-0.1, -0.05) is 24.6 Å². The van der Waals surface area contributed by atoms with E-state index in [1.807, 2.05) is 32.0 Å². The van der Waals surface area contributed by atoms with Gasteiger partial charge in [0, 0.05) is 18.7 Å². The van der Waals surface area contributed by atoms with Crippen LogP contribution in [0.2, 0.25) is 0 Å². The molecule has 1 N–H and O–H groups in total. The van der Waals surface area contributed by atoms with Gasteiger partial charge in [-0.25, -0.2) is 0 Å². The molecule has 1 aromatic carbocycles. The lowest BCUT2D eigenvalue weighted by Gasteiger charge is -2.34. The Labute approximate surface area is 130 Å². The molecule has 1 heterocycles. The molecule has 0 spiro atoms. The molecule has 5 nitrogen and oxygen atoms in total. The Balaban J connectivity index is 2.11. The van der Waals surface area contributed by atoms with Crippen LogP contribution < -0.4 is 4.74 Å². The van der Waals surface area contributed by atoms with Gasteiger partial charge in [0.1, 0.15) is 5.75 Å². The van der Waals surface area contributed by atoms with Gasteiger partial charge in [-0.05, 0) is 25.3 Å². The lowest BCUT2D eigenvalue weighted by atomic mass is 9.90. The highest BCUT2D eigenvalue weighted by Crippen LogP contribution is 2.25. The minimum atomic E-state index is -0.822. The third-order valence-corrected chi connectivity index (χ3v) is 4.14. The van der Waals surface area contributed by atoms with Crippen molar-refractivity contribution < 1.29 is 19.4 Å². The summed E-state index contributed by atoms with van der Waals surface area (Å²) in [5, 5.41) is 9.21. The van der Waals surface area contributed by atoms with Crippen LogP contribution in [0.4, 0.5) is 0 Å². The summed E-state index contributed by atoms with van der Waals surface area (Å²) >= 11 is 0. The van der Waals surface area contributed by atoms with Crippen molar-refractivity contribution >= 4 is 11.9 Å². The maximum absolute atomic E-state index is 12.5. The lowest BCUT2D eigenvalue weighted by Crippen LogP contribution is -2.46. The predicted molar refractivity (Wildman–Crippen MR) is 82.9 cm³/mol. The minimum absolute atomic E-state index is 0.0401. The van der Waals surface area contributed by atoms with E-state index in [1.165, 1.54) is 0 Å². The first-order valence-electron chi connectivity index (χ1n) is 7.54. The summed E-state index contributed by atoms with van der Waals surface area (Å²) < 4.78 is 5.30. The van der Waals surface area contributed by atoms with Crippen LogP contribution in [0.3, 0.4) is 0 Å². The number of carbonyl (C=O) groups excluding carboxylic acids is 1. The fourth-order valence-electron chi connectivity index (χ4n) is 3.05. The average Bonchev–Trinajstić information content (AvgIpc) is 2.46. The van der Waals surface area contributed by atoms with E-state index in [0.717, 1.165) is 11.1 Å². The van der Waals surface area contributed by atoms with Gasteiger partial charge in [-0.2, -0.15) is 0 Å². The third kappa shape index (κ3) is 3.78. The Morgan fingerprint density at radius 2 is 2.09 bits per heavy atom. The SMILES string of the molecule is COc1ccc(C)cc1CC(=O)N1CC(C)CC(C(=O)O)C1. The van der Waals surface area contributed by atoms with Gasteiger partial charge >= 0.3 is 5.97 Å². The zero-order chi connectivity index (χ0) is 16.3. The van der Waals surface area contributed by atoms with Gasteiger partial charge in [0.15, 0.2) is 0 Å². The van der Waals surface area contributed by atoms with Crippen molar-refractivity contribution in [2.75, 3.05) is 20.2 Å². The second kappa shape index (κ2) is 6.81. The Morgan fingerprint density at radius 3 is 2.73 bits per heavy atom. The molecular weight excluding hydrogens is 282 g/mol. The second-order valence-electron chi connectivity index (χ2n) is 6.17. The summed E-state index contributed by atoms with van der Waals surface area (Å²) in [6.07, 6.45) is 0.872. The van der Waals surface area contributed by atoms with Crippen molar-refractivity contribution in [1.82, 2.24) is 4.90 Å². The highest BCUT2D eigenvalue weighted by molar-refractivity contribution is 5.81. The summed E-state index contributed by atoms with van der Waals surface area (Å²) in [6.45, 7) is 4.88. The highest BCUT2D eigenvalue weighted by atomic mass is 16.5. The van der Waals surface area contributed by atoms with Crippen molar-refractivity contribution in [3.05, 3.63) is 29.3 Å². The Hall–Kier alpha value is -2.04. The largest absolute Gasteiger partial charge is 0.496 e. The standard InChI is InChI=1S/C17H23NO4/c1-11-4-5-15(22-3)13(6-11)8-16(19)18-9-12(2)7-14(10-18)17(20)21/h4-6,12,14H,7-10H2,1-3H3,(H,20,21). The van der Waals surface area contributed by atoms with Gasteiger partial charge in [0.2, 0.25) is 5.91 Å². The Morgan fingerprint density at radius 1 is 1.36 bits per heavy atom. The molecule has 1 aliphatic heterocycles. The number of hydrogen-bond donors (Lipinski definition) is 1. The monoisotopic (exact) mass is 305 g/mol. The molecule has 5 heteroatoms. The Bertz CT molecular complexity index is 570. The number of rotatable bonds is 4. The van der Waals surface area contributed by atoms with E-state index in [4.69, 9.17) is 4.74 Å². The average molecular weight is 305 g/mol. The number of aliphatic carboxylic acids is 1. The number of benzene rings is 1. The molecule has 0 bridgehead atoms. The molecule has 1 fully saturated rings. The van der Waals surface area contributed by atoms with Crippen LogP contribution in [0.5, 0.6) is 5.75 Å².